The highest BCUT2D eigenvalue weighted by molar-refractivity contribution is 5.88. The number of ether oxygens (including phenoxy) is 1. The summed E-state index contributed by atoms with van der Waals surface area (Å²) < 4.78 is 7.12. The van der Waals surface area contributed by atoms with Crippen molar-refractivity contribution in [1.82, 2.24) is 9.78 Å². The molecule has 0 bridgehead atoms. The summed E-state index contributed by atoms with van der Waals surface area (Å²) in [5.41, 5.74) is 4.43. The van der Waals surface area contributed by atoms with E-state index in [1.54, 1.807) is 24.9 Å². The lowest BCUT2D eigenvalue weighted by Gasteiger charge is -2.21. The van der Waals surface area contributed by atoms with Crippen LogP contribution in [0.1, 0.15) is 34.5 Å². The molecule has 2 aromatic rings. The van der Waals surface area contributed by atoms with Crippen LogP contribution in [0.2, 0.25) is 0 Å². The number of carbonyl (C=O) groups is 1. The third kappa shape index (κ3) is 2.28. The van der Waals surface area contributed by atoms with Crippen molar-refractivity contribution in [2.45, 2.75) is 25.7 Å². The van der Waals surface area contributed by atoms with Gasteiger partial charge in [0, 0.05) is 12.6 Å². The zero-order valence-corrected chi connectivity index (χ0v) is 12.2. The molecule has 5 heteroatoms. The summed E-state index contributed by atoms with van der Waals surface area (Å²) in [6.45, 7) is 0. The topological polar surface area (TPSA) is 64.3 Å². The molecule has 3 rings (SSSR count). The average Bonchev–Trinajstić information content (AvgIpc) is 2.88. The van der Waals surface area contributed by atoms with Crippen molar-refractivity contribution < 1.29 is 14.6 Å². The fourth-order valence-corrected chi connectivity index (χ4v) is 3.06. The molecule has 0 fully saturated rings. The Morgan fingerprint density at radius 1 is 1.33 bits per heavy atom. The van der Waals surface area contributed by atoms with Crippen molar-refractivity contribution in [3.63, 3.8) is 0 Å². The maximum absolute atomic E-state index is 11.1. The predicted octanol–water partition coefficient (Wildman–Crippen LogP) is 2.67. The number of nitrogens with zero attached hydrogens (tertiary/aromatic N) is 2. The largest absolute Gasteiger partial charge is 0.496 e. The van der Waals surface area contributed by atoms with Crippen LogP contribution in [0.3, 0.4) is 0 Å². The number of aryl methyl sites for hydroxylation is 2. The summed E-state index contributed by atoms with van der Waals surface area (Å²) in [6.07, 6.45) is 4.41. The molecule has 110 valence electrons. The summed E-state index contributed by atoms with van der Waals surface area (Å²) in [5, 5.41) is 13.2. The van der Waals surface area contributed by atoms with Gasteiger partial charge in [0.15, 0.2) is 5.69 Å². The SMILES string of the molecule is COc1ccc2c(c1-c1cc(C(=O)O)nn1C)CCCC2. The molecule has 0 spiro atoms. The Bertz CT molecular complexity index is 704. The zero-order valence-electron chi connectivity index (χ0n) is 12.2. The quantitative estimate of drug-likeness (QED) is 0.942. The van der Waals surface area contributed by atoms with E-state index in [0.717, 1.165) is 36.3 Å². The molecule has 1 aliphatic carbocycles. The van der Waals surface area contributed by atoms with Gasteiger partial charge in [-0.05, 0) is 48.9 Å². The Kier molecular flexibility index (Phi) is 3.41. The molecular formula is C16H18N2O3. The van der Waals surface area contributed by atoms with Gasteiger partial charge in [-0.15, -0.1) is 0 Å². The van der Waals surface area contributed by atoms with Crippen LogP contribution in [0.25, 0.3) is 11.3 Å². The Morgan fingerprint density at radius 3 is 2.76 bits per heavy atom. The molecule has 0 saturated heterocycles. The molecule has 1 aromatic carbocycles. The maximum atomic E-state index is 11.1. The standard InChI is InChI=1S/C16H18N2O3/c1-18-13(9-12(17-18)16(19)20)15-11-6-4-3-5-10(11)7-8-14(15)21-2/h7-9H,3-6H2,1-2H3,(H,19,20). The zero-order chi connectivity index (χ0) is 15.0. The van der Waals surface area contributed by atoms with Crippen molar-refractivity contribution in [3.8, 4) is 17.0 Å². The van der Waals surface area contributed by atoms with Crippen LogP contribution in [-0.2, 0) is 19.9 Å². The van der Waals surface area contributed by atoms with Crippen LogP contribution in [0, 0.1) is 0 Å². The van der Waals surface area contributed by atoms with Gasteiger partial charge in [0.2, 0.25) is 0 Å². The Morgan fingerprint density at radius 2 is 2.10 bits per heavy atom. The first-order valence-corrected chi connectivity index (χ1v) is 7.08. The van der Waals surface area contributed by atoms with Gasteiger partial charge in [-0.3, -0.25) is 4.68 Å². The van der Waals surface area contributed by atoms with Gasteiger partial charge in [0.25, 0.3) is 0 Å². The number of hydrogen-bond acceptors (Lipinski definition) is 3. The predicted molar refractivity (Wildman–Crippen MR) is 78.8 cm³/mol. The molecule has 5 nitrogen and oxygen atoms in total. The monoisotopic (exact) mass is 286 g/mol. The highest BCUT2D eigenvalue weighted by Crippen LogP contribution is 2.38. The minimum Gasteiger partial charge on any atom is -0.496 e. The normalized spacial score (nSPS) is 13.8. The maximum Gasteiger partial charge on any atom is 0.356 e. The van der Waals surface area contributed by atoms with E-state index in [1.807, 2.05) is 6.07 Å². The number of carboxylic acids is 1. The molecule has 0 amide bonds. The van der Waals surface area contributed by atoms with Gasteiger partial charge < -0.3 is 9.84 Å². The number of fused-ring (bicyclic) bond motifs is 1. The number of aromatic nitrogens is 2. The first-order valence-electron chi connectivity index (χ1n) is 7.08. The van der Waals surface area contributed by atoms with Crippen LogP contribution < -0.4 is 4.74 Å². The molecule has 0 saturated carbocycles. The number of aromatic carboxylic acids is 1. The summed E-state index contributed by atoms with van der Waals surface area (Å²) in [5.74, 6) is -0.240. The molecule has 1 N–H and O–H groups in total. The number of methoxy groups -OCH3 is 1. The Hall–Kier alpha value is -2.30. The molecule has 0 unspecified atom stereocenters. The van der Waals surface area contributed by atoms with Crippen molar-refractivity contribution in [1.29, 1.82) is 0 Å². The van der Waals surface area contributed by atoms with Gasteiger partial charge >= 0.3 is 5.97 Å². The minimum absolute atomic E-state index is 0.0583. The van der Waals surface area contributed by atoms with E-state index in [-0.39, 0.29) is 5.69 Å². The van der Waals surface area contributed by atoms with E-state index in [4.69, 9.17) is 9.84 Å². The molecular weight excluding hydrogens is 268 g/mol. The third-order valence-electron chi connectivity index (χ3n) is 4.07. The molecule has 0 atom stereocenters. The first kappa shape index (κ1) is 13.7. The molecule has 21 heavy (non-hydrogen) atoms. The highest BCUT2D eigenvalue weighted by Gasteiger charge is 2.22. The minimum atomic E-state index is -1.01. The van der Waals surface area contributed by atoms with Gasteiger partial charge in [-0.1, -0.05) is 6.07 Å². The van der Waals surface area contributed by atoms with Crippen molar-refractivity contribution >= 4 is 5.97 Å². The number of rotatable bonds is 3. The Labute approximate surface area is 123 Å². The van der Waals surface area contributed by atoms with E-state index in [0.29, 0.717) is 0 Å². The van der Waals surface area contributed by atoms with Crippen molar-refractivity contribution in [3.05, 3.63) is 35.0 Å². The lowest BCUT2D eigenvalue weighted by molar-refractivity contribution is 0.0689. The highest BCUT2D eigenvalue weighted by atomic mass is 16.5. The second kappa shape index (κ2) is 5.24. The molecule has 1 aliphatic rings. The molecule has 1 heterocycles. The summed E-state index contributed by atoms with van der Waals surface area (Å²) >= 11 is 0. The average molecular weight is 286 g/mol. The van der Waals surface area contributed by atoms with Crippen LogP contribution in [-0.4, -0.2) is 28.0 Å². The summed E-state index contributed by atoms with van der Waals surface area (Å²) in [6, 6.07) is 5.70. The first-order chi connectivity index (χ1) is 10.1. The number of benzene rings is 1. The van der Waals surface area contributed by atoms with Crippen LogP contribution >= 0.6 is 0 Å². The van der Waals surface area contributed by atoms with Crippen molar-refractivity contribution in [2.75, 3.05) is 7.11 Å². The fraction of sp³-hybridized carbons (Fsp3) is 0.375. The molecule has 0 radical (unpaired) electrons. The van der Waals surface area contributed by atoms with E-state index < -0.39 is 5.97 Å². The van der Waals surface area contributed by atoms with Gasteiger partial charge in [0.05, 0.1) is 12.8 Å². The van der Waals surface area contributed by atoms with Gasteiger partial charge in [-0.2, -0.15) is 5.10 Å². The molecule has 0 aliphatic heterocycles. The second-order valence-corrected chi connectivity index (χ2v) is 5.33. The van der Waals surface area contributed by atoms with Crippen LogP contribution in [0.15, 0.2) is 18.2 Å². The van der Waals surface area contributed by atoms with E-state index in [9.17, 15) is 4.79 Å². The fourth-order valence-electron chi connectivity index (χ4n) is 3.06. The molecule has 1 aromatic heterocycles. The van der Waals surface area contributed by atoms with Crippen LogP contribution in [0.4, 0.5) is 0 Å². The van der Waals surface area contributed by atoms with E-state index >= 15 is 0 Å². The smallest absolute Gasteiger partial charge is 0.356 e. The lowest BCUT2D eigenvalue weighted by atomic mass is 9.86. The number of carboxylic acid groups (broad SMARTS) is 1. The Balaban J connectivity index is 2.23. The number of hydrogen-bond donors (Lipinski definition) is 1. The third-order valence-corrected chi connectivity index (χ3v) is 4.07. The van der Waals surface area contributed by atoms with Gasteiger partial charge in [-0.25, -0.2) is 4.79 Å². The van der Waals surface area contributed by atoms with Crippen LogP contribution in [0.5, 0.6) is 5.75 Å². The summed E-state index contributed by atoms with van der Waals surface area (Å²) in [7, 11) is 3.41. The van der Waals surface area contributed by atoms with E-state index in [1.165, 1.54) is 17.5 Å². The summed E-state index contributed by atoms with van der Waals surface area (Å²) in [4.78, 5) is 11.1. The van der Waals surface area contributed by atoms with E-state index in [2.05, 4.69) is 11.2 Å². The second-order valence-electron chi connectivity index (χ2n) is 5.33. The lowest BCUT2D eigenvalue weighted by Crippen LogP contribution is -2.07. The van der Waals surface area contributed by atoms with Crippen molar-refractivity contribution in [2.24, 2.45) is 7.05 Å². The van der Waals surface area contributed by atoms with Gasteiger partial charge in [0.1, 0.15) is 5.75 Å².